The monoisotopic (exact) mass is 452 g/mol. The molecule has 1 heterocycles. The van der Waals surface area contributed by atoms with E-state index in [1.807, 2.05) is 13.8 Å². The van der Waals surface area contributed by atoms with Crippen molar-refractivity contribution in [1.29, 1.82) is 0 Å². The minimum absolute atomic E-state index is 0.0654. The van der Waals surface area contributed by atoms with Gasteiger partial charge in [-0.25, -0.2) is 8.42 Å². The van der Waals surface area contributed by atoms with E-state index in [1.54, 1.807) is 41.3 Å². The number of anilines is 1. The lowest BCUT2D eigenvalue weighted by Gasteiger charge is -2.35. The van der Waals surface area contributed by atoms with Gasteiger partial charge in [0.1, 0.15) is 0 Å². The number of amides is 1. The van der Waals surface area contributed by atoms with E-state index in [9.17, 15) is 13.2 Å². The first kappa shape index (κ1) is 19.9. The fourth-order valence-corrected chi connectivity index (χ4v) is 4.43. The molecule has 0 radical (unpaired) electrons. The van der Waals surface area contributed by atoms with E-state index in [4.69, 9.17) is 4.74 Å². The molecule has 2 aromatic rings. The molecule has 1 aliphatic heterocycles. The van der Waals surface area contributed by atoms with Gasteiger partial charge < -0.3 is 9.64 Å². The van der Waals surface area contributed by atoms with Crippen molar-refractivity contribution in [1.82, 2.24) is 4.90 Å². The van der Waals surface area contributed by atoms with Crippen LogP contribution >= 0.6 is 15.9 Å². The van der Waals surface area contributed by atoms with Gasteiger partial charge in [0.2, 0.25) is 0 Å². The zero-order valence-electron chi connectivity index (χ0n) is 15.1. The third-order valence-corrected chi connectivity index (χ3v) is 6.14. The summed E-state index contributed by atoms with van der Waals surface area (Å²) < 4.78 is 34.4. The van der Waals surface area contributed by atoms with Crippen molar-refractivity contribution >= 4 is 37.5 Å². The average Bonchev–Trinajstić information content (AvgIpc) is 2.61. The molecule has 0 aromatic heterocycles. The van der Waals surface area contributed by atoms with Crippen LogP contribution in [0.4, 0.5) is 5.69 Å². The van der Waals surface area contributed by atoms with Crippen LogP contribution in [0.2, 0.25) is 0 Å². The number of nitrogens with one attached hydrogen (secondary N) is 1. The topological polar surface area (TPSA) is 75.7 Å². The summed E-state index contributed by atoms with van der Waals surface area (Å²) in [5.74, 6) is -0.217. The largest absolute Gasteiger partial charge is 0.372 e. The van der Waals surface area contributed by atoms with Gasteiger partial charge in [-0.3, -0.25) is 9.52 Å². The highest BCUT2D eigenvalue weighted by atomic mass is 79.9. The second-order valence-corrected chi connectivity index (χ2v) is 9.17. The van der Waals surface area contributed by atoms with Gasteiger partial charge in [-0.15, -0.1) is 0 Å². The quantitative estimate of drug-likeness (QED) is 0.769. The van der Waals surface area contributed by atoms with Crippen LogP contribution in [0, 0.1) is 0 Å². The summed E-state index contributed by atoms with van der Waals surface area (Å²) in [6.07, 6.45) is -0.131. The third kappa shape index (κ3) is 4.69. The second kappa shape index (κ2) is 8.00. The van der Waals surface area contributed by atoms with Crippen LogP contribution in [0.5, 0.6) is 0 Å². The first-order valence-electron chi connectivity index (χ1n) is 8.58. The first-order chi connectivity index (χ1) is 12.8. The Hall–Kier alpha value is -1.90. The number of benzene rings is 2. The van der Waals surface area contributed by atoms with Crippen LogP contribution in [0.3, 0.4) is 0 Å². The lowest BCUT2D eigenvalue weighted by Crippen LogP contribution is -2.48. The van der Waals surface area contributed by atoms with Crippen LogP contribution in [0.25, 0.3) is 0 Å². The van der Waals surface area contributed by atoms with Gasteiger partial charge in [0, 0.05) is 17.6 Å². The Morgan fingerprint density at radius 2 is 1.67 bits per heavy atom. The van der Waals surface area contributed by atoms with Crippen LogP contribution < -0.4 is 4.72 Å². The molecule has 8 heteroatoms. The molecular formula is C19H21BrN2O4S. The van der Waals surface area contributed by atoms with Crippen LogP contribution in [-0.2, 0) is 14.8 Å². The molecule has 0 aliphatic carbocycles. The number of sulfonamides is 1. The Labute approximate surface area is 167 Å². The summed E-state index contributed by atoms with van der Waals surface area (Å²) >= 11 is 3.29. The number of ether oxygens (including phenoxy) is 1. The molecule has 1 saturated heterocycles. The number of nitrogens with zero attached hydrogens (tertiary/aromatic N) is 1. The third-order valence-electron chi connectivity index (χ3n) is 4.23. The summed E-state index contributed by atoms with van der Waals surface area (Å²) in [5, 5.41) is 0. The van der Waals surface area contributed by atoms with Crippen molar-refractivity contribution in [3.05, 3.63) is 58.6 Å². The Bertz CT molecular complexity index is 921. The SMILES string of the molecule is CC1CN(C(=O)c2ccccc2NS(=O)(=O)c2ccc(Br)cc2)CC(C)O1. The Balaban J connectivity index is 1.88. The van der Waals surface area contributed by atoms with Gasteiger partial charge >= 0.3 is 0 Å². The molecule has 1 N–H and O–H groups in total. The molecular weight excluding hydrogens is 432 g/mol. The van der Waals surface area contributed by atoms with Gasteiger partial charge in [0.05, 0.1) is 28.4 Å². The molecule has 144 valence electrons. The van der Waals surface area contributed by atoms with Crippen molar-refractivity contribution in [3.63, 3.8) is 0 Å². The molecule has 2 atom stereocenters. The Morgan fingerprint density at radius 1 is 1.07 bits per heavy atom. The molecule has 27 heavy (non-hydrogen) atoms. The number of carbonyl (C=O) groups excluding carboxylic acids is 1. The van der Waals surface area contributed by atoms with Crippen molar-refractivity contribution in [3.8, 4) is 0 Å². The highest BCUT2D eigenvalue weighted by molar-refractivity contribution is 9.10. The summed E-state index contributed by atoms with van der Waals surface area (Å²) in [6, 6.07) is 13.0. The molecule has 6 nitrogen and oxygen atoms in total. The molecule has 1 aliphatic rings. The molecule has 2 unspecified atom stereocenters. The maximum atomic E-state index is 13.0. The molecule has 3 rings (SSSR count). The van der Waals surface area contributed by atoms with E-state index in [2.05, 4.69) is 20.7 Å². The highest BCUT2D eigenvalue weighted by Crippen LogP contribution is 2.24. The van der Waals surface area contributed by atoms with Crippen molar-refractivity contribution in [2.45, 2.75) is 31.0 Å². The molecule has 2 aromatic carbocycles. The summed E-state index contributed by atoms with van der Waals surface area (Å²) in [5.41, 5.74) is 0.580. The number of hydrogen-bond acceptors (Lipinski definition) is 4. The van der Waals surface area contributed by atoms with Crippen molar-refractivity contribution < 1.29 is 17.9 Å². The number of para-hydroxylation sites is 1. The smallest absolute Gasteiger partial charge is 0.261 e. The fraction of sp³-hybridized carbons (Fsp3) is 0.316. The van der Waals surface area contributed by atoms with Gasteiger partial charge in [0.25, 0.3) is 15.9 Å². The molecule has 1 amide bonds. The van der Waals surface area contributed by atoms with Gasteiger partial charge in [-0.2, -0.15) is 0 Å². The molecule has 0 saturated carbocycles. The minimum atomic E-state index is -3.80. The number of carbonyl (C=O) groups is 1. The number of rotatable bonds is 4. The maximum absolute atomic E-state index is 13.0. The maximum Gasteiger partial charge on any atom is 0.261 e. The Kier molecular flexibility index (Phi) is 5.88. The number of morpholine rings is 1. The number of halogens is 1. The first-order valence-corrected chi connectivity index (χ1v) is 10.9. The summed E-state index contributed by atoms with van der Waals surface area (Å²) in [7, 11) is -3.80. The average molecular weight is 453 g/mol. The normalized spacial score (nSPS) is 20.3. The molecule has 1 fully saturated rings. The van der Waals surface area contributed by atoms with E-state index in [-0.39, 0.29) is 28.7 Å². The zero-order chi connectivity index (χ0) is 19.6. The predicted octanol–water partition coefficient (Wildman–Crippen LogP) is 3.50. The summed E-state index contributed by atoms with van der Waals surface area (Å²) in [4.78, 5) is 14.8. The number of hydrogen-bond donors (Lipinski definition) is 1. The van der Waals surface area contributed by atoms with E-state index in [1.165, 1.54) is 12.1 Å². The second-order valence-electron chi connectivity index (χ2n) is 6.57. The van der Waals surface area contributed by atoms with Gasteiger partial charge in [-0.1, -0.05) is 28.1 Å². The van der Waals surface area contributed by atoms with Gasteiger partial charge in [0.15, 0.2) is 0 Å². The summed E-state index contributed by atoms with van der Waals surface area (Å²) in [6.45, 7) is 4.77. The molecule has 0 spiro atoms. The van der Waals surface area contributed by atoms with E-state index in [0.717, 1.165) is 4.47 Å². The van der Waals surface area contributed by atoms with E-state index in [0.29, 0.717) is 18.7 Å². The van der Waals surface area contributed by atoms with Crippen LogP contribution in [-0.4, -0.2) is 44.5 Å². The van der Waals surface area contributed by atoms with Crippen molar-refractivity contribution in [2.75, 3.05) is 17.8 Å². The molecule has 0 bridgehead atoms. The lowest BCUT2D eigenvalue weighted by atomic mass is 10.1. The standard InChI is InChI=1S/C19H21BrN2O4S/c1-13-11-22(12-14(2)26-13)19(23)17-5-3-4-6-18(17)21-27(24,25)16-9-7-15(20)8-10-16/h3-10,13-14,21H,11-12H2,1-2H3. The van der Waals surface area contributed by atoms with Crippen LogP contribution in [0.1, 0.15) is 24.2 Å². The van der Waals surface area contributed by atoms with Crippen molar-refractivity contribution in [2.24, 2.45) is 0 Å². The Morgan fingerprint density at radius 3 is 2.30 bits per heavy atom. The minimum Gasteiger partial charge on any atom is -0.372 e. The lowest BCUT2D eigenvalue weighted by molar-refractivity contribution is -0.0585. The zero-order valence-corrected chi connectivity index (χ0v) is 17.5. The van der Waals surface area contributed by atoms with E-state index >= 15 is 0 Å². The van der Waals surface area contributed by atoms with Crippen LogP contribution in [0.15, 0.2) is 57.9 Å². The van der Waals surface area contributed by atoms with Gasteiger partial charge in [-0.05, 0) is 50.2 Å². The van der Waals surface area contributed by atoms with E-state index < -0.39 is 10.0 Å². The predicted molar refractivity (Wildman–Crippen MR) is 107 cm³/mol. The highest BCUT2D eigenvalue weighted by Gasteiger charge is 2.28. The fourth-order valence-electron chi connectivity index (χ4n) is 3.09.